The standard InChI is InChI=1S/C17H21FN2/c1-3-15(13-7-5-4-6-8-13)17(20-19)16-11-14(18)10-9-12(16)2/h4-11,15,17,20H,3,19H2,1-2H3. The van der Waals surface area contributed by atoms with Gasteiger partial charge in [0.2, 0.25) is 0 Å². The van der Waals surface area contributed by atoms with Gasteiger partial charge in [-0.1, -0.05) is 43.3 Å². The molecule has 20 heavy (non-hydrogen) atoms. The molecule has 0 aliphatic rings. The predicted molar refractivity (Wildman–Crippen MR) is 80.7 cm³/mol. The van der Waals surface area contributed by atoms with Gasteiger partial charge in [-0.2, -0.15) is 0 Å². The number of rotatable bonds is 5. The molecule has 2 aromatic carbocycles. The van der Waals surface area contributed by atoms with E-state index in [2.05, 4.69) is 24.5 Å². The number of aryl methyl sites for hydroxylation is 1. The zero-order chi connectivity index (χ0) is 14.5. The van der Waals surface area contributed by atoms with Gasteiger partial charge in [0, 0.05) is 5.92 Å². The first kappa shape index (κ1) is 14.7. The molecule has 0 saturated heterocycles. The van der Waals surface area contributed by atoms with Crippen molar-refractivity contribution in [3.8, 4) is 0 Å². The van der Waals surface area contributed by atoms with Gasteiger partial charge in [0.15, 0.2) is 0 Å². The lowest BCUT2D eigenvalue weighted by molar-refractivity contribution is 0.441. The maximum Gasteiger partial charge on any atom is 0.123 e. The van der Waals surface area contributed by atoms with Crippen molar-refractivity contribution >= 4 is 0 Å². The third-order valence-corrected chi connectivity index (χ3v) is 3.83. The summed E-state index contributed by atoms with van der Waals surface area (Å²) in [5.74, 6) is 5.75. The van der Waals surface area contributed by atoms with Gasteiger partial charge in [-0.15, -0.1) is 0 Å². The molecule has 0 amide bonds. The number of halogens is 1. The van der Waals surface area contributed by atoms with Crippen LogP contribution in [0.1, 0.15) is 42.0 Å². The molecule has 2 nitrogen and oxygen atoms in total. The molecule has 0 heterocycles. The lowest BCUT2D eigenvalue weighted by Gasteiger charge is -2.28. The average Bonchev–Trinajstić information content (AvgIpc) is 2.48. The number of hydrogen-bond donors (Lipinski definition) is 2. The summed E-state index contributed by atoms with van der Waals surface area (Å²) in [4.78, 5) is 0. The van der Waals surface area contributed by atoms with E-state index in [0.29, 0.717) is 0 Å². The van der Waals surface area contributed by atoms with Crippen LogP contribution in [0, 0.1) is 12.7 Å². The number of nitrogens with one attached hydrogen (secondary N) is 1. The van der Waals surface area contributed by atoms with Gasteiger partial charge in [-0.05, 0) is 42.2 Å². The predicted octanol–water partition coefficient (Wildman–Crippen LogP) is 3.83. The minimum atomic E-state index is -0.228. The van der Waals surface area contributed by atoms with Gasteiger partial charge in [0.1, 0.15) is 5.82 Å². The first-order chi connectivity index (χ1) is 9.67. The third kappa shape index (κ3) is 3.06. The van der Waals surface area contributed by atoms with Gasteiger partial charge < -0.3 is 0 Å². The molecule has 0 radical (unpaired) electrons. The number of nitrogens with two attached hydrogens (primary N) is 1. The highest BCUT2D eigenvalue weighted by Gasteiger charge is 2.23. The zero-order valence-corrected chi connectivity index (χ0v) is 11.9. The molecule has 0 aliphatic heterocycles. The highest BCUT2D eigenvalue weighted by atomic mass is 19.1. The van der Waals surface area contributed by atoms with Crippen molar-refractivity contribution in [2.24, 2.45) is 5.84 Å². The van der Waals surface area contributed by atoms with Crippen molar-refractivity contribution in [1.82, 2.24) is 5.43 Å². The van der Waals surface area contributed by atoms with E-state index in [4.69, 9.17) is 5.84 Å². The fraction of sp³-hybridized carbons (Fsp3) is 0.294. The van der Waals surface area contributed by atoms with Gasteiger partial charge >= 0.3 is 0 Å². The molecular formula is C17H21FN2. The first-order valence-corrected chi connectivity index (χ1v) is 6.94. The van der Waals surface area contributed by atoms with Crippen LogP contribution in [-0.2, 0) is 0 Å². The molecule has 2 rings (SSSR count). The van der Waals surface area contributed by atoms with E-state index in [1.165, 1.54) is 11.6 Å². The summed E-state index contributed by atoms with van der Waals surface area (Å²) < 4.78 is 13.5. The van der Waals surface area contributed by atoms with E-state index < -0.39 is 0 Å². The Balaban J connectivity index is 2.42. The number of hydrogen-bond acceptors (Lipinski definition) is 2. The molecular weight excluding hydrogens is 251 g/mol. The van der Waals surface area contributed by atoms with Crippen LogP contribution in [0.3, 0.4) is 0 Å². The Kier molecular flexibility index (Phi) is 4.88. The first-order valence-electron chi connectivity index (χ1n) is 6.94. The zero-order valence-electron chi connectivity index (χ0n) is 11.9. The number of hydrazine groups is 1. The molecule has 3 N–H and O–H groups in total. The van der Waals surface area contributed by atoms with Crippen LogP contribution in [0.15, 0.2) is 48.5 Å². The molecule has 0 aliphatic carbocycles. The van der Waals surface area contributed by atoms with Gasteiger partial charge in [-0.3, -0.25) is 11.3 Å². The largest absolute Gasteiger partial charge is 0.271 e. The summed E-state index contributed by atoms with van der Waals surface area (Å²) >= 11 is 0. The van der Waals surface area contributed by atoms with Crippen LogP contribution in [-0.4, -0.2) is 0 Å². The van der Waals surface area contributed by atoms with Crippen molar-refractivity contribution in [2.75, 3.05) is 0 Å². The maximum atomic E-state index is 13.5. The van der Waals surface area contributed by atoms with E-state index in [1.54, 1.807) is 12.1 Å². The molecule has 106 valence electrons. The Labute approximate surface area is 119 Å². The SMILES string of the molecule is CCC(c1ccccc1)C(NN)c1cc(F)ccc1C. The lowest BCUT2D eigenvalue weighted by atomic mass is 9.84. The van der Waals surface area contributed by atoms with Crippen LogP contribution in [0.2, 0.25) is 0 Å². The molecule has 0 fully saturated rings. The number of benzene rings is 2. The molecule has 2 aromatic rings. The smallest absolute Gasteiger partial charge is 0.123 e. The van der Waals surface area contributed by atoms with Crippen LogP contribution in [0.4, 0.5) is 4.39 Å². The molecule has 3 heteroatoms. The Morgan fingerprint density at radius 1 is 1.15 bits per heavy atom. The van der Waals surface area contributed by atoms with E-state index in [-0.39, 0.29) is 17.8 Å². The Bertz CT molecular complexity index is 554. The summed E-state index contributed by atoms with van der Waals surface area (Å²) in [6.45, 7) is 4.10. The molecule has 0 bridgehead atoms. The summed E-state index contributed by atoms with van der Waals surface area (Å²) in [6.07, 6.45) is 0.925. The average molecular weight is 272 g/mol. The van der Waals surface area contributed by atoms with Gasteiger partial charge in [0.05, 0.1) is 6.04 Å². The van der Waals surface area contributed by atoms with Crippen LogP contribution < -0.4 is 11.3 Å². The van der Waals surface area contributed by atoms with Gasteiger partial charge in [-0.25, -0.2) is 4.39 Å². The second-order valence-electron chi connectivity index (χ2n) is 5.07. The summed E-state index contributed by atoms with van der Waals surface area (Å²) in [7, 11) is 0. The third-order valence-electron chi connectivity index (χ3n) is 3.83. The fourth-order valence-electron chi connectivity index (χ4n) is 2.73. The summed E-state index contributed by atoms with van der Waals surface area (Å²) in [5, 5.41) is 0. The van der Waals surface area contributed by atoms with Crippen molar-refractivity contribution in [3.05, 3.63) is 71.0 Å². The summed E-state index contributed by atoms with van der Waals surface area (Å²) in [6, 6.07) is 15.0. The van der Waals surface area contributed by atoms with E-state index in [0.717, 1.165) is 17.5 Å². The topological polar surface area (TPSA) is 38.0 Å². The Morgan fingerprint density at radius 2 is 1.85 bits per heavy atom. The van der Waals surface area contributed by atoms with Crippen molar-refractivity contribution < 1.29 is 4.39 Å². The molecule has 2 unspecified atom stereocenters. The lowest BCUT2D eigenvalue weighted by Crippen LogP contribution is -2.33. The second kappa shape index (κ2) is 6.64. The quantitative estimate of drug-likeness (QED) is 0.641. The summed E-state index contributed by atoms with van der Waals surface area (Å²) in [5.41, 5.74) is 6.04. The van der Waals surface area contributed by atoms with Crippen molar-refractivity contribution in [2.45, 2.75) is 32.2 Å². The van der Waals surface area contributed by atoms with Crippen LogP contribution in [0.5, 0.6) is 0 Å². The monoisotopic (exact) mass is 272 g/mol. The van der Waals surface area contributed by atoms with Crippen LogP contribution in [0.25, 0.3) is 0 Å². The van der Waals surface area contributed by atoms with Crippen molar-refractivity contribution in [1.29, 1.82) is 0 Å². The molecule has 0 spiro atoms. The van der Waals surface area contributed by atoms with Gasteiger partial charge in [0.25, 0.3) is 0 Å². The molecule has 0 saturated carbocycles. The minimum absolute atomic E-state index is 0.0990. The highest BCUT2D eigenvalue weighted by molar-refractivity contribution is 5.33. The maximum absolute atomic E-state index is 13.5. The minimum Gasteiger partial charge on any atom is -0.271 e. The Hall–Kier alpha value is -1.71. The second-order valence-corrected chi connectivity index (χ2v) is 5.07. The van der Waals surface area contributed by atoms with Crippen molar-refractivity contribution in [3.63, 3.8) is 0 Å². The van der Waals surface area contributed by atoms with E-state index >= 15 is 0 Å². The Morgan fingerprint density at radius 3 is 2.45 bits per heavy atom. The molecule has 0 aromatic heterocycles. The fourth-order valence-corrected chi connectivity index (χ4v) is 2.73. The van der Waals surface area contributed by atoms with E-state index in [9.17, 15) is 4.39 Å². The van der Waals surface area contributed by atoms with E-state index in [1.807, 2.05) is 25.1 Å². The normalized spacial score (nSPS) is 14.0. The highest BCUT2D eigenvalue weighted by Crippen LogP contribution is 2.34. The van der Waals surface area contributed by atoms with Crippen LogP contribution >= 0.6 is 0 Å². The molecule has 2 atom stereocenters.